The summed E-state index contributed by atoms with van der Waals surface area (Å²) in [6.45, 7) is 2.92. The molecule has 0 spiro atoms. The van der Waals surface area contributed by atoms with Gasteiger partial charge in [0.2, 0.25) is 0 Å². The average Bonchev–Trinajstić information content (AvgIpc) is 3.26. The number of piperazine rings is 1. The van der Waals surface area contributed by atoms with Crippen LogP contribution in [0.1, 0.15) is 10.5 Å². The van der Waals surface area contributed by atoms with Crippen molar-refractivity contribution in [2.45, 2.75) is 0 Å². The van der Waals surface area contributed by atoms with E-state index in [2.05, 4.69) is 10.00 Å². The molecule has 0 aliphatic carbocycles. The first-order chi connectivity index (χ1) is 12.2. The summed E-state index contributed by atoms with van der Waals surface area (Å²) in [6, 6.07) is 7.68. The highest BCUT2D eigenvalue weighted by molar-refractivity contribution is 7.22. The number of hydrogen-bond donors (Lipinski definition) is 0. The lowest BCUT2D eigenvalue weighted by Gasteiger charge is -2.34. The number of hydrogen-bond acceptors (Lipinski definition) is 6. The van der Waals surface area contributed by atoms with E-state index in [0.717, 1.165) is 34.2 Å². The number of anilines is 1. The van der Waals surface area contributed by atoms with Gasteiger partial charge in [0.25, 0.3) is 5.91 Å². The topological polar surface area (TPSA) is 63.5 Å². The molecule has 1 fully saturated rings. The molecule has 130 valence electrons. The molecule has 2 aromatic heterocycles. The van der Waals surface area contributed by atoms with Gasteiger partial charge in [0.05, 0.1) is 17.3 Å². The minimum absolute atomic E-state index is 0.0358. The maximum atomic E-state index is 12.6. The lowest BCUT2D eigenvalue weighted by Crippen LogP contribution is -2.49. The molecule has 1 aliphatic rings. The standard InChI is InChI=1S/C17H19N5O2S/c1-20-14(5-6-18-20)16(23)21-7-9-22(10-8-21)17-19-13-4-3-12(24-2)11-15(13)25-17/h3-6,11H,7-10H2,1-2H3. The number of aromatic nitrogens is 3. The number of carbonyl (C=O) groups is 1. The Kier molecular flexibility index (Phi) is 4.04. The SMILES string of the molecule is COc1ccc2nc(N3CCN(C(=O)c4ccnn4C)CC3)sc2c1. The van der Waals surface area contributed by atoms with Crippen LogP contribution >= 0.6 is 11.3 Å². The van der Waals surface area contributed by atoms with Crippen molar-refractivity contribution in [1.82, 2.24) is 19.7 Å². The Labute approximate surface area is 149 Å². The van der Waals surface area contributed by atoms with E-state index in [1.54, 1.807) is 42.4 Å². The van der Waals surface area contributed by atoms with Crippen LogP contribution in [0, 0.1) is 0 Å². The average molecular weight is 357 g/mol. The van der Waals surface area contributed by atoms with E-state index in [-0.39, 0.29) is 5.91 Å². The highest BCUT2D eigenvalue weighted by Crippen LogP contribution is 2.31. The van der Waals surface area contributed by atoms with Gasteiger partial charge >= 0.3 is 0 Å². The van der Waals surface area contributed by atoms with E-state index in [4.69, 9.17) is 9.72 Å². The summed E-state index contributed by atoms with van der Waals surface area (Å²) in [6.07, 6.45) is 1.65. The van der Waals surface area contributed by atoms with Crippen molar-refractivity contribution in [3.05, 3.63) is 36.2 Å². The van der Waals surface area contributed by atoms with Crippen molar-refractivity contribution in [2.24, 2.45) is 7.05 Å². The van der Waals surface area contributed by atoms with Crippen molar-refractivity contribution in [3.8, 4) is 5.75 Å². The van der Waals surface area contributed by atoms with Gasteiger partial charge < -0.3 is 14.5 Å². The smallest absolute Gasteiger partial charge is 0.272 e. The van der Waals surface area contributed by atoms with Crippen molar-refractivity contribution in [1.29, 1.82) is 0 Å². The van der Waals surface area contributed by atoms with Gasteiger partial charge in [-0.15, -0.1) is 0 Å². The highest BCUT2D eigenvalue weighted by atomic mass is 32.1. The molecule has 4 rings (SSSR count). The molecule has 25 heavy (non-hydrogen) atoms. The van der Waals surface area contributed by atoms with Crippen LogP contribution in [-0.2, 0) is 7.05 Å². The van der Waals surface area contributed by atoms with E-state index in [9.17, 15) is 4.79 Å². The molecule has 7 nitrogen and oxygen atoms in total. The zero-order valence-electron chi connectivity index (χ0n) is 14.2. The minimum Gasteiger partial charge on any atom is -0.497 e. The van der Waals surface area contributed by atoms with E-state index < -0.39 is 0 Å². The third kappa shape index (κ3) is 2.93. The number of amides is 1. The van der Waals surface area contributed by atoms with Gasteiger partial charge in [-0.25, -0.2) is 4.98 Å². The molecule has 1 aromatic carbocycles. The van der Waals surface area contributed by atoms with Gasteiger partial charge in [0, 0.05) is 39.4 Å². The van der Waals surface area contributed by atoms with Gasteiger partial charge in [-0.2, -0.15) is 5.10 Å². The Hall–Kier alpha value is -2.61. The molecular formula is C17H19N5O2S. The van der Waals surface area contributed by atoms with E-state index in [1.807, 2.05) is 23.1 Å². The first-order valence-corrected chi connectivity index (χ1v) is 8.94. The third-order valence-corrected chi connectivity index (χ3v) is 5.54. The predicted molar refractivity (Wildman–Crippen MR) is 97.5 cm³/mol. The monoisotopic (exact) mass is 357 g/mol. The Balaban J connectivity index is 1.46. The zero-order valence-corrected chi connectivity index (χ0v) is 15.0. The normalized spacial score (nSPS) is 15.0. The predicted octanol–water partition coefficient (Wildman–Crippen LogP) is 2.00. The Morgan fingerprint density at radius 3 is 2.68 bits per heavy atom. The first kappa shape index (κ1) is 15.9. The molecule has 0 atom stereocenters. The summed E-state index contributed by atoms with van der Waals surface area (Å²) in [7, 11) is 3.46. The quantitative estimate of drug-likeness (QED) is 0.717. The first-order valence-electron chi connectivity index (χ1n) is 8.12. The van der Waals surface area contributed by atoms with Crippen LogP contribution in [0.2, 0.25) is 0 Å². The molecule has 1 amide bonds. The molecule has 0 N–H and O–H groups in total. The molecule has 0 unspecified atom stereocenters. The lowest BCUT2D eigenvalue weighted by atomic mass is 10.3. The van der Waals surface area contributed by atoms with Gasteiger partial charge in [-0.3, -0.25) is 9.48 Å². The second-order valence-electron chi connectivity index (χ2n) is 5.95. The van der Waals surface area contributed by atoms with Crippen molar-refractivity contribution in [3.63, 3.8) is 0 Å². The summed E-state index contributed by atoms with van der Waals surface area (Å²) in [5, 5.41) is 5.07. The van der Waals surface area contributed by atoms with Crippen molar-refractivity contribution >= 4 is 32.6 Å². The van der Waals surface area contributed by atoms with Crippen LogP contribution in [0.15, 0.2) is 30.5 Å². The highest BCUT2D eigenvalue weighted by Gasteiger charge is 2.25. The number of rotatable bonds is 3. The second kappa shape index (κ2) is 6.36. The van der Waals surface area contributed by atoms with Crippen LogP contribution in [0.5, 0.6) is 5.75 Å². The summed E-state index contributed by atoms with van der Waals surface area (Å²) < 4.78 is 8.01. The van der Waals surface area contributed by atoms with Crippen molar-refractivity contribution < 1.29 is 9.53 Å². The second-order valence-corrected chi connectivity index (χ2v) is 6.96. The molecule has 3 aromatic rings. The van der Waals surface area contributed by atoms with Gasteiger partial charge in [-0.05, 0) is 24.3 Å². The molecule has 0 bridgehead atoms. The summed E-state index contributed by atoms with van der Waals surface area (Å²) in [5.74, 6) is 0.878. The fraction of sp³-hybridized carbons (Fsp3) is 0.353. The molecule has 1 aliphatic heterocycles. The number of thiazole rings is 1. The molecule has 3 heterocycles. The fourth-order valence-electron chi connectivity index (χ4n) is 3.00. The number of nitrogens with zero attached hydrogens (tertiary/aromatic N) is 5. The number of methoxy groups -OCH3 is 1. The molecule has 1 saturated heterocycles. The van der Waals surface area contributed by atoms with Crippen LogP contribution < -0.4 is 9.64 Å². The zero-order chi connectivity index (χ0) is 17.4. The summed E-state index contributed by atoms with van der Waals surface area (Å²) >= 11 is 1.66. The number of aryl methyl sites for hydroxylation is 1. The largest absolute Gasteiger partial charge is 0.497 e. The minimum atomic E-state index is 0.0358. The van der Waals surface area contributed by atoms with E-state index in [1.165, 1.54) is 0 Å². The fourth-order valence-corrected chi connectivity index (χ4v) is 4.05. The maximum Gasteiger partial charge on any atom is 0.272 e. The van der Waals surface area contributed by atoms with Gasteiger partial charge in [0.15, 0.2) is 5.13 Å². The van der Waals surface area contributed by atoms with E-state index >= 15 is 0 Å². The number of benzene rings is 1. The Bertz CT molecular complexity index is 911. The Morgan fingerprint density at radius 2 is 2.00 bits per heavy atom. The number of carbonyl (C=O) groups excluding carboxylic acids is 1. The number of ether oxygens (including phenoxy) is 1. The van der Waals surface area contributed by atoms with Crippen LogP contribution in [0.4, 0.5) is 5.13 Å². The van der Waals surface area contributed by atoms with Crippen LogP contribution in [0.3, 0.4) is 0 Å². The molecule has 8 heteroatoms. The third-order valence-electron chi connectivity index (χ3n) is 4.46. The molecule has 0 radical (unpaired) electrons. The summed E-state index contributed by atoms with van der Waals surface area (Å²) in [4.78, 5) is 21.4. The van der Waals surface area contributed by atoms with Gasteiger partial charge in [-0.1, -0.05) is 11.3 Å². The maximum absolute atomic E-state index is 12.6. The summed E-state index contributed by atoms with van der Waals surface area (Å²) in [5.41, 5.74) is 1.61. The van der Waals surface area contributed by atoms with Crippen molar-refractivity contribution in [2.75, 3.05) is 38.2 Å². The van der Waals surface area contributed by atoms with E-state index in [0.29, 0.717) is 18.8 Å². The van der Waals surface area contributed by atoms with Gasteiger partial charge in [0.1, 0.15) is 11.4 Å². The molecular weight excluding hydrogens is 338 g/mol. The van der Waals surface area contributed by atoms with Crippen LogP contribution in [-0.4, -0.2) is 58.9 Å². The Morgan fingerprint density at radius 1 is 1.20 bits per heavy atom. The lowest BCUT2D eigenvalue weighted by molar-refractivity contribution is 0.0735. The number of fused-ring (bicyclic) bond motifs is 1. The molecule has 0 saturated carbocycles. The van der Waals surface area contributed by atoms with Crippen LogP contribution in [0.25, 0.3) is 10.2 Å².